The molecule has 2 amide bonds. The number of benzene rings is 1. The zero-order valence-corrected chi connectivity index (χ0v) is 14.8. The average molecular weight is 329 g/mol. The molecule has 24 heavy (non-hydrogen) atoms. The van der Waals surface area contributed by atoms with E-state index >= 15 is 0 Å². The number of hydrogen-bond acceptors (Lipinski definition) is 3. The summed E-state index contributed by atoms with van der Waals surface area (Å²) in [5, 5.41) is 2.93. The van der Waals surface area contributed by atoms with Crippen molar-refractivity contribution in [3.05, 3.63) is 29.8 Å². The third-order valence-corrected chi connectivity index (χ3v) is 5.33. The summed E-state index contributed by atoms with van der Waals surface area (Å²) < 4.78 is 0. The summed E-state index contributed by atoms with van der Waals surface area (Å²) in [7, 11) is 4.19. The summed E-state index contributed by atoms with van der Waals surface area (Å²) >= 11 is 0. The lowest BCUT2D eigenvalue weighted by Gasteiger charge is -2.35. The molecular formula is C19H27N3O2. The number of anilines is 1. The van der Waals surface area contributed by atoms with E-state index in [4.69, 9.17) is 0 Å². The zero-order valence-electron chi connectivity index (χ0n) is 14.8. The van der Waals surface area contributed by atoms with Crippen LogP contribution in [0.5, 0.6) is 0 Å². The Balaban J connectivity index is 1.55. The van der Waals surface area contributed by atoms with Gasteiger partial charge in [0.1, 0.15) is 0 Å². The van der Waals surface area contributed by atoms with Gasteiger partial charge in [-0.3, -0.25) is 9.59 Å². The first-order valence-electron chi connectivity index (χ1n) is 8.82. The third-order valence-electron chi connectivity index (χ3n) is 5.33. The number of piperidine rings is 1. The molecule has 2 aliphatic rings. The number of likely N-dealkylation sites (tertiary alicyclic amines) is 1. The third kappa shape index (κ3) is 3.78. The smallest absolute Gasteiger partial charge is 0.253 e. The predicted molar refractivity (Wildman–Crippen MR) is 95.0 cm³/mol. The van der Waals surface area contributed by atoms with Crippen LogP contribution in [0, 0.1) is 11.8 Å². The number of nitrogens with zero attached hydrogens (tertiary/aromatic N) is 2. The van der Waals surface area contributed by atoms with Gasteiger partial charge in [-0.1, -0.05) is 6.92 Å². The van der Waals surface area contributed by atoms with E-state index in [2.05, 4.69) is 31.2 Å². The maximum absolute atomic E-state index is 12.6. The molecule has 5 heteroatoms. The highest BCUT2D eigenvalue weighted by atomic mass is 16.2. The predicted octanol–water partition coefficient (Wildman–Crippen LogP) is 2.45. The Bertz CT molecular complexity index is 604. The van der Waals surface area contributed by atoms with Crippen LogP contribution in [0.25, 0.3) is 0 Å². The van der Waals surface area contributed by atoms with E-state index in [1.807, 2.05) is 29.2 Å². The van der Waals surface area contributed by atoms with Gasteiger partial charge >= 0.3 is 0 Å². The molecule has 1 aliphatic carbocycles. The van der Waals surface area contributed by atoms with Crippen LogP contribution < -0.4 is 5.32 Å². The molecule has 2 fully saturated rings. The Morgan fingerprint density at radius 1 is 1.12 bits per heavy atom. The van der Waals surface area contributed by atoms with Gasteiger partial charge in [0.2, 0.25) is 5.91 Å². The molecule has 130 valence electrons. The van der Waals surface area contributed by atoms with Gasteiger partial charge < -0.3 is 15.1 Å². The van der Waals surface area contributed by atoms with Crippen molar-refractivity contribution in [2.45, 2.75) is 32.2 Å². The molecule has 5 nitrogen and oxygen atoms in total. The molecule has 3 rings (SSSR count). The number of rotatable bonds is 4. The molecule has 0 bridgehead atoms. The number of carbonyl (C=O) groups is 2. The normalized spacial score (nSPS) is 24.1. The SMILES string of the molecule is C[C@H]1C[C@@H]1C(=O)Nc1ccc(C(=O)N2CCC(N(C)C)CC2)cc1. The number of nitrogens with one attached hydrogen (secondary N) is 1. The van der Waals surface area contributed by atoms with Gasteiger partial charge in [0.15, 0.2) is 0 Å². The molecule has 1 aliphatic heterocycles. The van der Waals surface area contributed by atoms with E-state index < -0.39 is 0 Å². The van der Waals surface area contributed by atoms with Crippen molar-refractivity contribution in [3.8, 4) is 0 Å². The highest BCUT2D eigenvalue weighted by Crippen LogP contribution is 2.38. The lowest BCUT2D eigenvalue weighted by atomic mass is 10.0. The van der Waals surface area contributed by atoms with Crippen molar-refractivity contribution in [2.75, 3.05) is 32.5 Å². The fourth-order valence-electron chi connectivity index (χ4n) is 3.39. The summed E-state index contributed by atoms with van der Waals surface area (Å²) in [5.41, 5.74) is 1.46. The molecule has 2 atom stereocenters. The quantitative estimate of drug-likeness (QED) is 0.923. The maximum Gasteiger partial charge on any atom is 0.253 e. The molecule has 1 saturated carbocycles. The van der Waals surface area contributed by atoms with E-state index in [0.29, 0.717) is 17.5 Å². The van der Waals surface area contributed by atoms with Crippen LogP contribution in [-0.2, 0) is 4.79 Å². The molecule has 0 unspecified atom stereocenters. The topological polar surface area (TPSA) is 52.7 Å². The standard InChI is InChI=1S/C19H27N3O2/c1-13-12-17(13)18(23)20-15-6-4-14(5-7-15)19(24)22-10-8-16(9-11-22)21(2)3/h4-7,13,16-17H,8-12H2,1-3H3,(H,20,23)/t13-,17-/m0/s1. The van der Waals surface area contributed by atoms with Gasteiger partial charge in [-0.2, -0.15) is 0 Å². The van der Waals surface area contributed by atoms with Gasteiger partial charge in [0.25, 0.3) is 5.91 Å². The molecular weight excluding hydrogens is 302 g/mol. The van der Waals surface area contributed by atoms with E-state index in [1.54, 1.807) is 0 Å². The summed E-state index contributed by atoms with van der Waals surface area (Å²) in [6.07, 6.45) is 3.02. The van der Waals surface area contributed by atoms with E-state index in [9.17, 15) is 9.59 Å². The second kappa shape index (κ2) is 6.93. The Hall–Kier alpha value is -1.88. The molecule has 1 saturated heterocycles. The number of carbonyl (C=O) groups excluding carboxylic acids is 2. The average Bonchev–Trinajstić information content (AvgIpc) is 3.32. The van der Waals surface area contributed by atoms with Crippen LogP contribution in [0.15, 0.2) is 24.3 Å². The first-order chi connectivity index (χ1) is 11.5. The van der Waals surface area contributed by atoms with Crippen LogP contribution in [0.1, 0.15) is 36.5 Å². The van der Waals surface area contributed by atoms with Crippen LogP contribution in [0.2, 0.25) is 0 Å². The van der Waals surface area contributed by atoms with Crippen molar-refractivity contribution in [1.29, 1.82) is 0 Å². The van der Waals surface area contributed by atoms with Crippen LogP contribution in [-0.4, -0.2) is 54.8 Å². The summed E-state index contributed by atoms with van der Waals surface area (Å²) in [6, 6.07) is 7.84. The fraction of sp³-hybridized carbons (Fsp3) is 0.579. The van der Waals surface area contributed by atoms with Gasteiger partial charge in [0.05, 0.1) is 0 Å². The van der Waals surface area contributed by atoms with E-state index in [1.165, 1.54) is 0 Å². The molecule has 1 N–H and O–H groups in total. The fourth-order valence-corrected chi connectivity index (χ4v) is 3.39. The van der Waals surface area contributed by atoms with Gasteiger partial charge in [0, 0.05) is 36.3 Å². The second-order valence-electron chi connectivity index (χ2n) is 7.37. The first kappa shape index (κ1) is 17.0. The molecule has 0 aromatic heterocycles. The molecule has 0 radical (unpaired) electrons. The van der Waals surface area contributed by atoms with E-state index in [0.717, 1.165) is 38.0 Å². The lowest BCUT2D eigenvalue weighted by molar-refractivity contribution is -0.117. The van der Waals surface area contributed by atoms with Crippen molar-refractivity contribution < 1.29 is 9.59 Å². The van der Waals surface area contributed by atoms with E-state index in [-0.39, 0.29) is 17.7 Å². The van der Waals surface area contributed by atoms with Crippen molar-refractivity contribution in [3.63, 3.8) is 0 Å². The zero-order chi connectivity index (χ0) is 17.3. The van der Waals surface area contributed by atoms with Crippen molar-refractivity contribution in [2.24, 2.45) is 11.8 Å². The molecule has 1 aromatic carbocycles. The van der Waals surface area contributed by atoms with Crippen LogP contribution in [0.4, 0.5) is 5.69 Å². The van der Waals surface area contributed by atoms with Crippen LogP contribution >= 0.6 is 0 Å². The highest BCUT2D eigenvalue weighted by molar-refractivity contribution is 5.97. The minimum Gasteiger partial charge on any atom is -0.339 e. The van der Waals surface area contributed by atoms with Crippen LogP contribution in [0.3, 0.4) is 0 Å². The number of amides is 2. The Labute approximate surface area is 144 Å². The van der Waals surface area contributed by atoms with Crippen molar-refractivity contribution in [1.82, 2.24) is 9.80 Å². The monoisotopic (exact) mass is 329 g/mol. The first-order valence-corrected chi connectivity index (χ1v) is 8.82. The largest absolute Gasteiger partial charge is 0.339 e. The Kier molecular flexibility index (Phi) is 4.90. The Morgan fingerprint density at radius 3 is 2.21 bits per heavy atom. The molecule has 0 spiro atoms. The minimum absolute atomic E-state index is 0.0842. The summed E-state index contributed by atoms with van der Waals surface area (Å²) in [6.45, 7) is 3.70. The Morgan fingerprint density at radius 2 is 1.71 bits per heavy atom. The summed E-state index contributed by atoms with van der Waals surface area (Å²) in [5.74, 6) is 0.827. The maximum atomic E-state index is 12.6. The lowest BCUT2D eigenvalue weighted by Crippen LogP contribution is -2.44. The minimum atomic E-state index is 0.0842. The molecule has 1 heterocycles. The van der Waals surface area contributed by atoms with Crippen molar-refractivity contribution >= 4 is 17.5 Å². The highest BCUT2D eigenvalue weighted by Gasteiger charge is 2.39. The second-order valence-corrected chi connectivity index (χ2v) is 7.37. The number of hydrogen-bond donors (Lipinski definition) is 1. The van der Waals surface area contributed by atoms with Gasteiger partial charge in [-0.25, -0.2) is 0 Å². The van der Waals surface area contributed by atoms with Gasteiger partial charge in [-0.05, 0) is 63.5 Å². The molecule has 1 aromatic rings. The van der Waals surface area contributed by atoms with Gasteiger partial charge in [-0.15, -0.1) is 0 Å². The summed E-state index contributed by atoms with van der Waals surface area (Å²) in [4.78, 5) is 28.7.